The highest BCUT2D eigenvalue weighted by Gasteiger charge is 2.43. The molecule has 6 nitrogen and oxygen atoms in total. The molecule has 0 atom stereocenters. The molecule has 35 heavy (non-hydrogen) atoms. The molecule has 1 aromatic heterocycles. The highest BCUT2D eigenvalue weighted by Crippen LogP contribution is 2.41. The van der Waals surface area contributed by atoms with Gasteiger partial charge in [-0.2, -0.15) is 13.2 Å². The molecule has 2 aromatic carbocycles. The third-order valence-corrected chi connectivity index (χ3v) is 7.99. The van der Waals surface area contributed by atoms with Gasteiger partial charge in [0.15, 0.2) is 0 Å². The van der Waals surface area contributed by atoms with Crippen LogP contribution >= 0.6 is 23.2 Å². The molecule has 0 saturated carbocycles. The summed E-state index contributed by atoms with van der Waals surface area (Å²) in [6, 6.07) is 8.06. The van der Waals surface area contributed by atoms with Gasteiger partial charge in [-0.3, -0.25) is 4.79 Å². The van der Waals surface area contributed by atoms with E-state index in [-0.39, 0.29) is 57.7 Å². The highest BCUT2D eigenvalue weighted by atomic mass is 35.5. The lowest BCUT2D eigenvalue weighted by Crippen LogP contribution is -2.52. The molecule has 1 amide bonds. The zero-order chi connectivity index (χ0) is 25.7. The van der Waals surface area contributed by atoms with Crippen molar-refractivity contribution >= 4 is 55.7 Å². The summed E-state index contributed by atoms with van der Waals surface area (Å²) in [6.45, 7) is -0.839. The molecule has 188 valence electrons. The number of aromatic nitrogens is 1. The Bertz CT molecular complexity index is 1400. The first-order valence-electron chi connectivity index (χ1n) is 10.1. The Balaban J connectivity index is 1.82. The number of anilines is 1. The van der Waals surface area contributed by atoms with Gasteiger partial charge in [-0.15, -0.1) is 0 Å². The molecular formula is C21H16Cl2F5N3O3S. The van der Waals surface area contributed by atoms with E-state index in [1.54, 1.807) is 0 Å². The lowest BCUT2D eigenvalue weighted by atomic mass is 10.1. The van der Waals surface area contributed by atoms with Crippen molar-refractivity contribution in [1.82, 2.24) is 8.87 Å². The van der Waals surface area contributed by atoms with Gasteiger partial charge < -0.3 is 9.80 Å². The van der Waals surface area contributed by atoms with Gasteiger partial charge in [0.05, 0.1) is 10.5 Å². The van der Waals surface area contributed by atoms with Crippen LogP contribution in [-0.4, -0.2) is 55.6 Å². The predicted octanol–water partition coefficient (Wildman–Crippen LogP) is 5.33. The highest BCUT2D eigenvalue weighted by molar-refractivity contribution is 7.90. The second-order valence-electron chi connectivity index (χ2n) is 7.71. The van der Waals surface area contributed by atoms with Crippen LogP contribution in [0.2, 0.25) is 10.0 Å². The molecule has 0 radical (unpaired) electrons. The van der Waals surface area contributed by atoms with E-state index in [1.165, 1.54) is 41.3 Å². The summed E-state index contributed by atoms with van der Waals surface area (Å²) in [5.74, 6) is -1.99. The fraction of sp³-hybridized carbons (Fsp3) is 0.286. The summed E-state index contributed by atoms with van der Waals surface area (Å²) in [4.78, 5) is 13.3. The van der Waals surface area contributed by atoms with Gasteiger partial charge in [0.2, 0.25) is 0 Å². The summed E-state index contributed by atoms with van der Waals surface area (Å²) >= 11 is 12.3. The Labute approximate surface area is 206 Å². The summed E-state index contributed by atoms with van der Waals surface area (Å²) < 4.78 is 93.8. The van der Waals surface area contributed by atoms with E-state index in [0.29, 0.717) is 8.87 Å². The summed E-state index contributed by atoms with van der Waals surface area (Å²) in [6.07, 6.45) is -7.32. The maximum absolute atomic E-state index is 14.1. The maximum Gasteiger partial charge on any atom is 0.471 e. The number of alkyl halides is 5. The zero-order valence-corrected chi connectivity index (χ0v) is 19.9. The fourth-order valence-electron chi connectivity index (χ4n) is 4.01. The van der Waals surface area contributed by atoms with E-state index in [9.17, 15) is 35.2 Å². The minimum atomic E-state index is -5.03. The third-order valence-electron chi connectivity index (χ3n) is 5.60. The number of nitrogens with zero attached hydrogens (tertiary/aromatic N) is 3. The van der Waals surface area contributed by atoms with E-state index in [0.717, 1.165) is 6.20 Å². The quantitative estimate of drug-likeness (QED) is 0.408. The zero-order valence-electron chi connectivity index (χ0n) is 17.6. The first kappa shape index (κ1) is 25.5. The number of hydrogen-bond acceptors (Lipinski definition) is 4. The summed E-state index contributed by atoms with van der Waals surface area (Å²) in [5.41, 5.74) is -0.623. The second kappa shape index (κ2) is 9.14. The van der Waals surface area contributed by atoms with Crippen molar-refractivity contribution in [2.75, 3.05) is 31.1 Å². The molecule has 2 heterocycles. The Morgan fingerprint density at radius 2 is 1.63 bits per heavy atom. The van der Waals surface area contributed by atoms with Crippen molar-refractivity contribution in [3.8, 4) is 0 Å². The number of carbonyl (C=O) groups is 1. The minimum absolute atomic E-state index is 0.0239. The molecule has 0 spiro atoms. The van der Waals surface area contributed by atoms with Crippen LogP contribution < -0.4 is 4.90 Å². The maximum atomic E-state index is 14.1. The fourth-order valence-corrected chi connectivity index (χ4v) is 6.08. The molecule has 0 N–H and O–H groups in total. The van der Waals surface area contributed by atoms with Crippen LogP contribution in [-0.2, 0) is 14.8 Å². The molecule has 4 rings (SSSR count). The van der Waals surface area contributed by atoms with Gasteiger partial charge in [0.25, 0.3) is 16.4 Å². The molecule has 0 aliphatic carbocycles. The van der Waals surface area contributed by atoms with Crippen molar-refractivity contribution in [3.63, 3.8) is 0 Å². The van der Waals surface area contributed by atoms with Crippen molar-refractivity contribution in [3.05, 3.63) is 58.2 Å². The SMILES string of the molecule is O=C(N1CCN(c2cc(Cl)cc3c2c(C(F)F)cn3S(=O)(=O)c2ccccc2Cl)CC1)C(F)(F)F. The second-order valence-corrected chi connectivity index (χ2v) is 10.3. The molecular weight excluding hydrogens is 540 g/mol. The molecule has 1 aliphatic heterocycles. The number of halogens is 7. The molecule has 3 aromatic rings. The topological polar surface area (TPSA) is 62.6 Å². The smallest absolute Gasteiger partial charge is 0.367 e. The van der Waals surface area contributed by atoms with Gasteiger partial charge >= 0.3 is 12.1 Å². The first-order chi connectivity index (χ1) is 16.3. The van der Waals surface area contributed by atoms with Crippen LogP contribution in [0, 0.1) is 0 Å². The van der Waals surface area contributed by atoms with E-state index in [2.05, 4.69) is 0 Å². The summed E-state index contributed by atoms with van der Waals surface area (Å²) in [7, 11) is -4.41. The molecule has 0 bridgehead atoms. The van der Waals surface area contributed by atoms with Crippen molar-refractivity contribution in [2.24, 2.45) is 0 Å². The monoisotopic (exact) mass is 555 g/mol. The number of piperazine rings is 1. The Kier molecular flexibility index (Phi) is 6.66. The predicted molar refractivity (Wildman–Crippen MR) is 121 cm³/mol. The van der Waals surface area contributed by atoms with Crippen LogP contribution in [0.5, 0.6) is 0 Å². The molecule has 1 saturated heterocycles. The normalized spacial score (nSPS) is 15.3. The van der Waals surface area contributed by atoms with Crippen LogP contribution in [0.3, 0.4) is 0 Å². The number of benzene rings is 2. The van der Waals surface area contributed by atoms with Crippen molar-refractivity contribution < 1.29 is 35.2 Å². The van der Waals surface area contributed by atoms with E-state index in [1.807, 2.05) is 0 Å². The lowest BCUT2D eigenvalue weighted by molar-refractivity contribution is -0.185. The number of amides is 1. The van der Waals surface area contributed by atoms with Crippen LogP contribution in [0.15, 0.2) is 47.5 Å². The van der Waals surface area contributed by atoms with Crippen molar-refractivity contribution in [1.29, 1.82) is 0 Å². The molecule has 1 aliphatic rings. The van der Waals surface area contributed by atoms with Gasteiger partial charge in [-0.25, -0.2) is 21.2 Å². The average Bonchev–Trinajstić information content (AvgIpc) is 3.18. The Hall–Kier alpha value is -2.57. The first-order valence-corrected chi connectivity index (χ1v) is 12.3. The number of hydrogen-bond donors (Lipinski definition) is 0. The number of carbonyl (C=O) groups excluding carboxylic acids is 1. The van der Waals surface area contributed by atoms with Gasteiger partial charge in [0.1, 0.15) is 4.90 Å². The minimum Gasteiger partial charge on any atom is -0.367 e. The third kappa shape index (κ3) is 4.66. The number of fused-ring (bicyclic) bond motifs is 1. The molecule has 1 fully saturated rings. The number of rotatable bonds is 4. The van der Waals surface area contributed by atoms with E-state index < -0.39 is 34.1 Å². The van der Waals surface area contributed by atoms with Crippen LogP contribution in [0.25, 0.3) is 10.9 Å². The summed E-state index contributed by atoms with van der Waals surface area (Å²) in [5, 5.41) is -0.202. The molecule has 14 heteroatoms. The van der Waals surface area contributed by atoms with Crippen molar-refractivity contribution in [2.45, 2.75) is 17.5 Å². The van der Waals surface area contributed by atoms with Crippen LogP contribution in [0.4, 0.5) is 27.6 Å². The van der Waals surface area contributed by atoms with Gasteiger partial charge in [0, 0.05) is 54.0 Å². The van der Waals surface area contributed by atoms with E-state index in [4.69, 9.17) is 23.2 Å². The Morgan fingerprint density at radius 1 is 1.00 bits per heavy atom. The van der Waals surface area contributed by atoms with E-state index >= 15 is 0 Å². The average molecular weight is 556 g/mol. The lowest BCUT2D eigenvalue weighted by Gasteiger charge is -2.36. The largest absolute Gasteiger partial charge is 0.471 e. The van der Waals surface area contributed by atoms with Gasteiger partial charge in [-0.05, 0) is 24.3 Å². The Morgan fingerprint density at radius 3 is 2.20 bits per heavy atom. The molecule has 0 unspecified atom stereocenters. The standard InChI is InChI=1S/C21H16Cl2F5N3O3S/c22-12-9-15(29-5-7-30(8-6-29)20(32)21(26,27)28)18-13(19(24)25)11-31(16(18)10-12)35(33,34)17-4-2-1-3-14(17)23/h1-4,9-11,19H,5-8H2. The van der Waals surface area contributed by atoms with Gasteiger partial charge in [-0.1, -0.05) is 35.3 Å². The van der Waals surface area contributed by atoms with Crippen LogP contribution in [0.1, 0.15) is 12.0 Å².